The number of carbonyl (C=O) groups is 1. The second-order valence-corrected chi connectivity index (χ2v) is 9.23. The van der Waals surface area contributed by atoms with Crippen molar-refractivity contribution in [2.24, 2.45) is 0 Å². The number of likely N-dealkylation sites (N-methyl/N-ethyl adjacent to an activating group) is 1. The molecule has 32 heavy (non-hydrogen) atoms. The van der Waals surface area contributed by atoms with Crippen molar-refractivity contribution in [3.8, 4) is 0 Å². The lowest BCUT2D eigenvalue weighted by molar-refractivity contribution is -0.128. The monoisotopic (exact) mass is 473 g/mol. The molecule has 7 heteroatoms. The normalized spacial score (nSPS) is 17.4. The summed E-state index contributed by atoms with van der Waals surface area (Å²) in [5.74, 6) is 0.0900. The van der Waals surface area contributed by atoms with Crippen molar-refractivity contribution in [1.82, 2.24) is 15.1 Å². The number of amides is 1. The zero-order valence-electron chi connectivity index (χ0n) is 18.0. The van der Waals surface area contributed by atoms with Crippen molar-refractivity contribution in [3.63, 3.8) is 0 Å². The fourth-order valence-electron chi connectivity index (χ4n) is 4.24. The van der Waals surface area contributed by atoms with E-state index in [4.69, 9.17) is 23.2 Å². The number of hydrogen-bond acceptors (Lipinski definition) is 3. The minimum absolute atomic E-state index is 0.0223. The standard InChI is InChI=1S/C25H26Cl2FN3O/c1-30-15-22(24(23(27)16-30)29-14-17-2-6-20(26)7-3-17)25(32)31-12-10-19(11-13-31)18-4-8-21(28)9-5-18/h2-9,15,19,29H,10-14,16H2,1H3. The number of nitrogens with one attached hydrogen (secondary N) is 1. The molecule has 4 nitrogen and oxygen atoms in total. The van der Waals surface area contributed by atoms with Gasteiger partial charge in [0.15, 0.2) is 0 Å². The molecular formula is C25H26Cl2FN3O. The Morgan fingerprint density at radius 2 is 1.72 bits per heavy atom. The van der Waals surface area contributed by atoms with Gasteiger partial charge in [-0.1, -0.05) is 47.5 Å². The molecule has 0 aliphatic carbocycles. The predicted molar refractivity (Wildman–Crippen MR) is 127 cm³/mol. The van der Waals surface area contributed by atoms with Crippen LogP contribution in [0.3, 0.4) is 0 Å². The Morgan fingerprint density at radius 1 is 1.06 bits per heavy atom. The van der Waals surface area contributed by atoms with Crippen molar-refractivity contribution in [1.29, 1.82) is 0 Å². The molecule has 4 rings (SSSR count). The number of piperidine rings is 1. The molecule has 0 saturated carbocycles. The molecule has 168 valence electrons. The molecular weight excluding hydrogens is 448 g/mol. The quantitative estimate of drug-likeness (QED) is 0.643. The maximum atomic E-state index is 13.4. The van der Waals surface area contributed by atoms with Gasteiger partial charge in [0.25, 0.3) is 5.91 Å². The van der Waals surface area contributed by atoms with Gasteiger partial charge in [0, 0.05) is 37.9 Å². The van der Waals surface area contributed by atoms with Crippen LogP contribution in [-0.4, -0.2) is 42.4 Å². The van der Waals surface area contributed by atoms with Crippen LogP contribution in [0, 0.1) is 5.82 Å². The Kier molecular flexibility index (Phi) is 7.07. The maximum Gasteiger partial charge on any atom is 0.257 e. The SMILES string of the molecule is CN1C=C(C(=O)N2CCC(c3ccc(F)cc3)CC2)C(NCc2ccc(Cl)cc2)=C(Cl)C1. The number of nitrogens with zero attached hydrogens (tertiary/aromatic N) is 2. The van der Waals surface area contributed by atoms with Gasteiger partial charge in [-0.3, -0.25) is 4.79 Å². The van der Waals surface area contributed by atoms with Crippen molar-refractivity contribution < 1.29 is 9.18 Å². The van der Waals surface area contributed by atoms with Gasteiger partial charge in [0.2, 0.25) is 0 Å². The lowest BCUT2D eigenvalue weighted by Gasteiger charge is -2.34. The topological polar surface area (TPSA) is 35.6 Å². The van der Waals surface area contributed by atoms with Crippen LogP contribution in [0.5, 0.6) is 0 Å². The summed E-state index contributed by atoms with van der Waals surface area (Å²) < 4.78 is 13.2. The van der Waals surface area contributed by atoms with Crippen molar-refractivity contribution >= 4 is 29.1 Å². The van der Waals surface area contributed by atoms with Crippen LogP contribution in [0.4, 0.5) is 4.39 Å². The molecule has 0 spiro atoms. The van der Waals surface area contributed by atoms with Gasteiger partial charge >= 0.3 is 0 Å². The second kappa shape index (κ2) is 9.97. The summed E-state index contributed by atoms with van der Waals surface area (Å²) in [5, 5.41) is 4.67. The maximum absolute atomic E-state index is 13.4. The largest absolute Gasteiger partial charge is 0.379 e. The molecule has 0 radical (unpaired) electrons. The Labute approximate surface area is 198 Å². The molecule has 1 N–H and O–H groups in total. The highest BCUT2D eigenvalue weighted by Gasteiger charge is 2.30. The van der Waals surface area contributed by atoms with E-state index in [1.807, 2.05) is 59.4 Å². The summed E-state index contributed by atoms with van der Waals surface area (Å²) in [6.45, 7) is 2.41. The second-order valence-electron chi connectivity index (χ2n) is 8.34. The predicted octanol–water partition coefficient (Wildman–Crippen LogP) is 5.25. The van der Waals surface area contributed by atoms with Crippen LogP contribution in [-0.2, 0) is 11.3 Å². The van der Waals surface area contributed by atoms with Gasteiger partial charge in [-0.2, -0.15) is 0 Å². The minimum Gasteiger partial charge on any atom is -0.379 e. The fourth-order valence-corrected chi connectivity index (χ4v) is 4.73. The summed E-state index contributed by atoms with van der Waals surface area (Å²) in [6, 6.07) is 14.3. The van der Waals surface area contributed by atoms with E-state index in [-0.39, 0.29) is 11.7 Å². The van der Waals surface area contributed by atoms with Crippen molar-refractivity contribution in [3.05, 3.63) is 93.0 Å². The van der Waals surface area contributed by atoms with E-state index >= 15 is 0 Å². The third kappa shape index (κ3) is 5.28. The summed E-state index contributed by atoms with van der Waals surface area (Å²) in [7, 11) is 1.91. The first-order valence-electron chi connectivity index (χ1n) is 10.7. The summed E-state index contributed by atoms with van der Waals surface area (Å²) in [4.78, 5) is 17.2. The lowest BCUT2D eigenvalue weighted by Crippen LogP contribution is -2.41. The zero-order chi connectivity index (χ0) is 22.7. The summed E-state index contributed by atoms with van der Waals surface area (Å²) in [5.41, 5.74) is 3.45. The van der Waals surface area contributed by atoms with Crippen LogP contribution in [0.15, 0.2) is 71.0 Å². The van der Waals surface area contributed by atoms with E-state index in [0.717, 1.165) is 24.0 Å². The molecule has 1 saturated heterocycles. The molecule has 2 aliphatic heterocycles. The molecule has 2 aromatic rings. The molecule has 0 unspecified atom stereocenters. The average molecular weight is 474 g/mol. The van der Waals surface area contributed by atoms with Crippen LogP contribution in [0.1, 0.15) is 29.9 Å². The molecule has 0 aromatic heterocycles. The third-order valence-corrected chi connectivity index (χ3v) is 6.58. The molecule has 0 atom stereocenters. The van der Waals surface area contributed by atoms with Crippen molar-refractivity contribution in [2.75, 3.05) is 26.7 Å². The van der Waals surface area contributed by atoms with E-state index in [1.165, 1.54) is 12.1 Å². The van der Waals surface area contributed by atoms with Gasteiger partial charge < -0.3 is 15.1 Å². The Morgan fingerprint density at radius 3 is 2.38 bits per heavy atom. The number of rotatable bonds is 5. The molecule has 2 aromatic carbocycles. The van der Waals surface area contributed by atoms with Crippen LogP contribution in [0.2, 0.25) is 5.02 Å². The van der Waals surface area contributed by atoms with E-state index in [1.54, 1.807) is 0 Å². The number of carbonyl (C=O) groups excluding carboxylic acids is 1. The van der Waals surface area contributed by atoms with Crippen molar-refractivity contribution in [2.45, 2.75) is 25.3 Å². The lowest BCUT2D eigenvalue weighted by atomic mass is 9.89. The van der Waals surface area contributed by atoms with Gasteiger partial charge in [-0.05, 0) is 54.2 Å². The highest BCUT2D eigenvalue weighted by molar-refractivity contribution is 6.31. The van der Waals surface area contributed by atoms with E-state index < -0.39 is 0 Å². The van der Waals surface area contributed by atoms with Crippen LogP contribution >= 0.6 is 23.2 Å². The van der Waals surface area contributed by atoms with Crippen LogP contribution in [0.25, 0.3) is 0 Å². The fraction of sp³-hybridized carbons (Fsp3) is 0.320. The number of benzene rings is 2. The van der Waals surface area contributed by atoms with E-state index in [9.17, 15) is 9.18 Å². The van der Waals surface area contributed by atoms with Gasteiger partial charge in [-0.15, -0.1) is 0 Å². The van der Waals surface area contributed by atoms with Gasteiger partial charge in [-0.25, -0.2) is 4.39 Å². The number of hydrogen-bond donors (Lipinski definition) is 1. The number of likely N-dealkylation sites (tertiary alicyclic amines) is 1. The summed E-state index contributed by atoms with van der Waals surface area (Å²) in [6.07, 6.45) is 3.57. The number of halogens is 3. The first kappa shape index (κ1) is 22.7. The molecule has 0 bridgehead atoms. The summed E-state index contributed by atoms with van der Waals surface area (Å²) >= 11 is 12.5. The van der Waals surface area contributed by atoms with Crippen LogP contribution < -0.4 is 5.32 Å². The van der Waals surface area contributed by atoms with E-state index in [2.05, 4.69) is 5.32 Å². The molecule has 2 aliphatic rings. The Hall–Kier alpha value is -2.50. The van der Waals surface area contributed by atoms with Gasteiger partial charge in [0.1, 0.15) is 5.82 Å². The highest BCUT2D eigenvalue weighted by Crippen LogP contribution is 2.31. The molecule has 1 fully saturated rings. The smallest absolute Gasteiger partial charge is 0.257 e. The average Bonchev–Trinajstić information content (AvgIpc) is 2.79. The first-order chi connectivity index (χ1) is 15.4. The first-order valence-corrected chi connectivity index (χ1v) is 11.5. The third-order valence-electron chi connectivity index (χ3n) is 6.01. The van der Waals surface area contributed by atoms with Gasteiger partial charge in [0.05, 0.1) is 22.8 Å². The Bertz CT molecular complexity index is 1030. The molecule has 1 amide bonds. The molecule has 2 heterocycles. The van der Waals surface area contributed by atoms with E-state index in [0.29, 0.717) is 53.4 Å². The zero-order valence-corrected chi connectivity index (χ0v) is 19.5. The highest BCUT2D eigenvalue weighted by atomic mass is 35.5. The minimum atomic E-state index is -0.225. The Balaban J connectivity index is 1.43.